The average Bonchev–Trinajstić information content (AvgIpc) is 3.37. The first-order valence-electron chi connectivity index (χ1n) is 12.5. The maximum absolute atomic E-state index is 14.1. The molecule has 2 N–H and O–H groups in total. The van der Waals surface area contributed by atoms with Crippen molar-refractivity contribution >= 4 is 23.3 Å². The maximum atomic E-state index is 14.1. The van der Waals surface area contributed by atoms with Crippen LogP contribution in [0.25, 0.3) is 0 Å². The number of primary amides is 1. The number of fused-ring (bicyclic) bond motifs is 1. The minimum atomic E-state index is -2.72. The van der Waals surface area contributed by atoms with E-state index in [-0.39, 0.29) is 29.9 Å². The van der Waals surface area contributed by atoms with Crippen LogP contribution in [-0.4, -0.2) is 92.3 Å². The van der Waals surface area contributed by atoms with Gasteiger partial charge in [-0.25, -0.2) is 8.78 Å². The molecule has 0 aromatic heterocycles. The number of likely N-dealkylation sites (N-methyl/N-ethyl adjacent to an activating group) is 1. The van der Waals surface area contributed by atoms with Crippen molar-refractivity contribution in [1.29, 1.82) is 0 Å². The monoisotopic (exact) mass is 506 g/mol. The highest BCUT2D eigenvalue weighted by Crippen LogP contribution is 2.41. The molecule has 3 aliphatic heterocycles. The standard InChI is InChI=1S/C26H36F2N4O4/c1-26(2,3)12-18(25(35)32-13-19(23(27)28)22-21(32)20(33)14-36-22)17-11-15(5-6-16(17)24(29)34)31-9-7-30(4)8-10-31/h5-6,11,18-19,21-23H,7-10,12-14H2,1-4H3,(H2,29,34)/t18-,19+,21+,22+/m0/s1. The third-order valence-electron chi connectivity index (χ3n) is 7.49. The van der Waals surface area contributed by atoms with E-state index in [4.69, 9.17) is 10.5 Å². The first kappa shape index (κ1) is 26.5. The Labute approximate surface area is 210 Å². The molecule has 4 atom stereocenters. The molecule has 2 amide bonds. The molecule has 4 rings (SSSR count). The number of rotatable bonds is 6. The molecule has 1 aromatic rings. The van der Waals surface area contributed by atoms with E-state index < -0.39 is 42.2 Å². The fraction of sp³-hybridized carbons (Fsp3) is 0.654. The number of ketones is 1. The van der Waals surface area contributed by atoms with E-state index in [1.807, 2.05) is 32.9 Å². The molecular formula is C26H36F2N4O4. The number of ether oxygens (including phenoxy) is 1. The smallest absolute Gasteiger partial charge is 0.249 e. The van der Waals surface area contributed by atoms with Gasteiger partial charge in [0.25, 0.3) is 0 Å². The first-order valence-corrected chi connectivity index (χ1v) is 12.5. The topological polar surface area (TPSA) is 96.2 Å². The first-order chi connectivity index (χ1) is 16.9. The summed E-state index contributed by atoms with van der Waals surface area (Å²) in [5.41, 5.74) is 6.97. The molecule has 0 saturated carbocycles. The number of Topliss-reactive ketones (excluding diaryl/α,β-unsaturated/α-hetero) is 1. The zero-order chi connectivity index (χ0) is 26.4. The predicted molar refractivity (Wildman–Crippen MR) is 131 cm³/mol. The van der Waals surface area contributed by atoms with Gasteiger partial charge >= 0.3 is 0 Å². The van der Waals surface area contributed by atoms with Gasteiger partial charge in [0.1, 0.15) is 12.6 Å². The molecule has 8 nitrogen and oxygen atoms in total. The van der Waals surface area contributed by atoms with Gasteiger partial charge in [0.2, 0.25) is 18.2 Å². The van der Waals surface area contributed by atoms with E-state index in [0.717, 1.165) is 31.9 Å². The van der Waals surface area contributed by atoms with Gasteiger partial charge in [0, 0.05) is 44.0 Å². The number of nitrogens with two attached hydrogens (primary N) is 1. The predicted octanol–water partition coefficient (Wildman–Crippen LogP) is 2.12. The Morgan fingerprint density at radius 2 is 1.83 bits per heavy atom. The van der Waals surface area contributed by atoms with Crippen LogP contribution in [0, 0.1) is 11.3 Å². The van der Waals surface area contributed by atoms with Crippen molar-refractivity contribution in [2.75, 3.05) is 51.3 Å². The third kappa shape index (κ3) is 5.25. The van der Waals surface area contributed by atoms with Crippen molar-refractivity contribution in [3.05, 3.63) is 29.3 Å². The van der Waals surface area contributed by atoms with Crippen molar-refractivity contribution in [2.24, 2.45) is 17.1 Å². The summed E-state index contributed by atoms with van der Waals surface area (Å²) in [7, 11) is 2.06. The lowest BCUT2D eigenvalue weighted by Gasteiger charge is -2.35. The van der Waals surface area contributed by atoms with E-state index >= 15 is 0 Å². The summed E-state index contributed by atoms with van der Waals surface area (Å²) in [5, 5.41) is 0. The molecular weight excluding hydrogens is 470 g/mol. The SMILES string of the molecule is CN1CCN(c2ccc(C(N)=O)c([C@H](CC(C)(C)C)C(=O)N3C[C@@H](C(F)F)[C@H]4OCC(=O)[C@H]43)c2)CC1. The quantitative estimate of drug-likeness (QED) is 0.635. The summed E-state index contributed by atoms with van der Waals surface area (Å²) in [4.78, 5) is 44.8. The Morgan fingerprint density at radius 1 is 1.17 bits per heavy atom. The number of halogens is 2. The fourth-order valence-corrected chi connectivity index (χ4v) is 5.61. The zero-order valence-corrected chi connectivity index (χ0v) is 21.4. The van der Waals surface area contributed by atoms with Gasteiger partial charge in [-0.3, -0.25) is 14.4 Å². The molecule has 0 bridgehead atoms. The number of piperazine rings is 1. The molecule has 3 heterocycles. The van der Waals surface area contributed by atoms with Gasteiger partial charge in [-0.1, -0.05) is 20.8 Å². The van der Waals surface area contributed by atoms with Crippen molar-refractivity contribution in [1.82, 2.24) is 9.80 Å². The highest BCUT2D eigenvalue weighted by molar-refractivity contribution is 5.99. The molecule has 1 aromatic carbocycles. The van der Waals surface area contributed by atoms with E-state index in [1.54, 1.807) is 6.07 Å². The van der Waals surface area contributed by atoms with Gasteiger partial charge < -0.3 is 25.2 Å². The molecule has 36 heavy (non-hydrogen) atoms. The molecule has 0 unspecified atom stereocenters. The van der Waals surface area contributed by atoms with Crippen LogP contribution >= 0.6 is 0 Å². The molecule has 3 aliphatic rings. The van der Waals surface area contributed by atoms with Gasteiger partial charge in [-0.2, -0.15) is 0 Å². The van der Waals surface area contributed by atoms with Crippen molar-refractivity contribution in [3.63, 3.8) is 0 Å². The largest absolute Gasteiger partial charge is 0.369 e. The van der Waals surface area contributed by atoms with Gasteiger partial charge in [0.05, 0.1) is 17.9 Å². The van der Waals surface area contributed by atoms with E-state index in [9.17, 15) is 23.2 Å². The van der Waals surface area contributed by atoms with Gasteiger partial charge in [-0.15, -0.1) is 0 Å². The lowest BCUT2D eigenvalue weighted by molar-refractivity contribution is -0.138. The molecule has 3 saturated heterocycles. The van der Waals surface area contributed by atoms with Crippen LogP contribution in [0.3, 0.4) is 0 Å². The van der Waals surface area contributed by atoms with Crippen LogP contribution in [0.15, 0.2) is 18.2 Å². The number of hydrogen-bond donors (Lipinski definition) is 1. The van der Waals surface area contributed by atoms with Crippen molar-refractivity contribution in [3.8, 4) is 0 Å². The third-order valence-corrected chi connectivity index (χ3v) is 7.49. The van der Waals surface area contributed by atoms with E-state index in [0.29, 0.717) is 12.0 Å². The minimum absolute atomic E-state index is 0.227. The number of likely N-dealkylation sites (tertiary alicyclic amines) is 1. The second-order valence-electron chi connectivity index (χ2n) is 11.4. The number of anilines is 1. The Balaban J connectivity index is 1.75. The Morgan fingerprint density at radius 3 is 2.42 bits per heavy atom. The second-order valence-corrected chi connectivity index (χ2v) is 11.4. The van der Waals surface area contributed by atoms with E-state index in [1.165, 1.54) is 4.90 Å². The molecule has 0 spiro atoms. The fourth-order valence-electron chi connectivity index (χ4n) is 5.61. The Kier molecular flexibility index (Phi) is 7.39. The second kappa shape index (κ2) is 10.0. The molecule has 0 radical (unpaired) electrons. The van der Waals surface area contributed by atoms with Crippen LogP contribution < -0.4 is 10.6 Å². The van der Waals surface area contributed by atoms with Crippen LogP contribution in [0.2, 0.25) is 0 Å². The Hall–Kier alpha value is -2.59. The van der Waals surface area contributed by atoms with Crippen molar-refractivity contribution < 1.29 is 27.9 Å². The Bertz CT molecular complexity index is 1020. The lowest BCUT2D eigenvalue weighted by Crippen LogP contribution is -2.45. The minimum Gasteiger partial charge on any atom is -0.369 e. The summed E-state index contributed by atoms with van der Waals surface area (Å²) in [5.74, 6) is -3.53. The molecule has 3 fully saturated rings. The van der Waals surface area contributed by atoms with Gasteiger partial charge in [0.15, 0.2) is 5.78 Å². The summed E-state index contributed by atoms with van der Waals surface area (Å²) >= 11 is 0. The normalized spacial score (nSPS) is 26.0. The number of carbonyl (C=O) groups is 3. The van der Waals surface area contributed by atoms with Crippen molar-refractivity contribution in [2.45, 2.75) is 51.7 Å². The number of nitrogens with zero attached hydrogens (tertiary/aromatic N) is 3. The lowest BCUT2D eigenvalue weighted by atomic mass is 9.79. The van der Waals surface area contributed by atoms with Crippen LogP contribution in [0.5, 0.6) is 0 Å². The highest BCUT2D eigenvalue weighted by atomic mass is 19.3. The van der Waals surface area contributed by atoms with Crippen LogP contribution in [0.1, 0.15) is 49.0 Å². The number of alkyl halides is 2. The summed E-state index contributed by atoms with van der Waals surface area (Å²) in [6.07, 6.45) is -3.38. The summed E-state index contributed by atoms with van der Waals surface area (Å²) < 4.78 is 33.0. The average molecular weight is 507 g/mol. The van der Waals surface area contributed by atoms with E-state index in [2.05, 4.69) is 16.8 Å². The summed E-state index contributed by atoms with van der Waals surface area (Å²) in [6.45, 7) is 8.72. The highest BCUT2D eigenvalue weighted by Gasteiger charge is 2.56. The van der Waals surface area contributed by atoms with Crippen LogP contribution in [0.4, 0.5) is 14.5 Å². The molecule has 0 aliphatic carbocycles. The maximum Gasteiger partial charge on any atom is 0.249 e. The molecule has 10 heteroatoms. The number of benzene rings is 1. The van der Waals surface area contributed by atoms with Crippen LogP contribution in [-0.2, 0) is 14.3 Å². The number of hydrogen-bond acceptors (Lipinski definition) is 6. The van der Waals surface area contributed by atoms with Gasteiger partial charge in [-0.05, 0) is 42.6 Å². The zero-order valence-electron chi connectivity index (χ0n) is 21.4. The molecule has 198 valence electrons. The number of amides is 2. The number of carbonyl (C=O) groups excluding carboxylic acids is 3. The summed E-state index contributed by atoms with van der Waals surface area (Å²) in [6, 6.07) is 4.29.